The van der Waals surface area contributed by atoms with E-state index in [1.165, 1.54) is 44.9 Å². The van der Waals surface area contributed by atoms with Gasteiger partial charge in [-0.05, 0) is 110 Å². The van der Waals surface area contributed by atoms with Crippen molar-refractivity contribution in [2.24, 2.45) is 51.2 Å². The summed E-state index contributed by atoms with van der Waals surface area (Å²) in [6.07, 6.45) is 14.6. The summed E-state index contributed by atoms with van der Waals surface area (Å²) in [4.78, 5) is 12.7. The molecule has 0 aromatic carbocycles. The number of aliphatic hydroxyl groups excluding tert-OH is 1. The molecule has 4 aliphatic carbocycles. The number of allylic oxidation sites excluding steroid dienone is 1. The molecule has 0 heterocycles. The highest BCUT2D eigenvalue weighted by molar-refractivity contribution is 5.82. The highest BCUT2D eigenvalue weighted by Crippen LogP contribution is 2.76. The molecule has 4 fully saturated rings. The number of Topliss-reactive ketones (excluding diaryl/α,β-unsaturated/α-hetero) is 1. The van der Waals surface area contributed by atoms with Gasteiger partial charge in [0.15, 0.2) is 0 Å². The van der Waals surface area contributed by atoms with Crippen molar-refractivity contribution in [1.29, 1.82) is 0 Å². The van der Waals surface area contributed by atoms with Gasteiger partial charge in [0.25, 0.3) is 0 Å². The van der Waals surface area contributed by atoms with Crippen LogP contribution in [0.15, 0.2) is 11.6 Å². The fraction of sp³-hybridized carbons (Fsp3) is 0.900. The maximum absolute atomic E-state index is 12.7. The predicted octanol–water partition coefficient (Wildman–Crippen LogP) is 7.60. The Kier molecular flexibility index (Phi) is 6.31. The predicted molar refractivity (Wildman–Crippen MR) is 133 cm³/mol. The van der Waals surface area contributed by atoms with E-state index in [0.29, 0.717) is 27.9 Å². The monoisotopic (exact) mass is 442 g/mol. The van der Waals surface area contributed by atoms with Crippen LogP contribution >= 0.6 is 0 Å². The number of rotatable bonds is 5. The molecule has 2 nitrogen and oxygen atoms in total. The Hall–Kier alpha value is -0.630. The molecule has 0 aromatic heterocycles. The van der Waals surface area contributed by atoms with Crippen molar-refractivity contribution in [3.63, 3.8) is 0 Å². The first-order chi connectivity index (χ1) is 14.9. The Morgan fingerprint density at radius 2 is 1.72 bits per heavy atom. The zero-order valence-corrected chi connectivity index (χ0v) is 22.1. The average molecular weight is 443 g/mol. The number of hydrogen-bond acceptors (Lipinski definition) is 2. The van der Waals surface area contributed by atoms with Gasteiger partial charge in [0.1, 0.15) is 5.78 Å². The fourth-order valence-corrected chi connectivity index (χ4v) is 10.2. The second kappa shape index (κ2) is 8.24. The lowest BCUT2D eigenvalue weighted by Crippen LogP contribution is -2.62. The molecule has 4 rings (SSSR count). The smallest absolute Gasteiger partial charge is 0.136 e. The molecular weight excluding hydrogens is 392 g/mol. The summed E-state index contributed by atoms with van der Waals surface area (Å²) < 4.78 is 0. The van der Waals surface area contributed by atoms with Crippen LogP contribution < -0.4 is 0 Å². The van der Waals surface area contributed by atoms with E-state index in [2.05, 4.69) is 47.6 Å². The lowest BCUT2D eigenvalue weighted by atomic mass is 9.35. The van der Waals surface area contributed by atoms with E-state index in [9.17, 15) is 9.90 Å². The minimum atomic E-state index is 0.193. The van der Waals surface area contributed by atoms with E-state index < -0.39 is 0 Å². The van der Waals surface area contributed by atoms with Crippen molar-refractivity contribution in [3.05, 3.63) is 11.6 Å². The van der Waals surface area contributed by atoms with Crippen molar-refractivity contribution in [3.8, 4) is 0 Å². The summed E-state index contributed by atoms with van der Waals surface area (Å²) >= 11 is 0. The normalized spacial score (nSPS) is 49.9. The summed E-state index contributed by atoms with van der Waals surface area (Å²) in [5.41, 5.74) is 2.60. The lowest BCUT2D eigenvalue weighted by Gasteiger charge is -2.69. The molecule has 4 saturated carbocycles. The van der Waals surface area contributed by atoms with Gasteiger partial charge in [-0.15, -0.1) is 0 Å². The van der Waals surface area contributed by atoms with E-state index in [1.807, 2.05) is 6.92 Å². The molecule has 0 aromatic rings. The Labute approximate surface area is 198 Å². The molecule has 0 radical (unpaired) electrons. The molecule has 0 saturated heterocycles. The molecule has 0 unspecified atom stereocenters. The van der Waals surface area contributed by atoms with Gasteiger partial charge in [-0.1, -0.05) is 53.2 Å². The molecule has 0 amide bonds. The number of aliphatic hydroxyl groups is 1. The zero-order valence-electron chi connectivity index (χ0n) is 22.1. The van der Waals surface area contributed by atoms with Crippen LogP contribution in [-0.2, 0) is 4.79 Å². The van der Waals surface area contributed by atoms with Crippen LogP contribution in [0.25, 0.3) is 0 Å². The minimum absolute atomic E-state index is 0.193. The first-order valence-electron chi connectivity index (χ1n) is 13.7. The van der Waals surface area contributed by atoms with Gasteiger partial charge in [0, 0.05) is 12.3 Å². The standard InChI is InChI=1S/C30H50O2/c1-20(19-31)9-8-10-21(2)23-13-16-30(7)26-14-15-27(4)22(3)24(32)11-12-25(27)28(26,5)17-18-29(23,30)6/h9,21-23,25-26,31H,8,10-19H2,1-7H3/b20-9-/t21-,22+,23+,25-,26-,27-,28+,29+,30-/m1/s1. The van der Waals surface area contributed by atoms with Crippen LogP contribution in [0.5, 0.6) is 0 Å². The molecule has 182 valence electrons. The van der Waals surface area contributed by atoms with Gasteiger partial charge in [-0.2, -0.15) is 0 Å². The van der Waals surface area contributed by atoms with Crippen LogP contribution in [-0.4, -0.2) is 17.5 Å². The third kappa shape index (κ3) is 3.32. The Balaban J connectivity index is 1.58. The largest absolute Gasteiger partial charge is 0.392 e. The summed E-state index contributed by atoms with van der Waals surface area (Å²) in [6, 6.07) is 0. The summed E-state index contributed by atoms with van der Waals surface area (Å²) in [7, 11) is 0. The fourth-order valence-electron chi connectivity index (χ4n) is 10.2. The molecule has 4 aliphatic rings. The summed E-state index contributed by atoms with van der Waals surface area (Å²) in [6.45, 7) is 17.4. The first-order valence-corrected chi connectivity index (χ1v) is 13.7. The molecular formula is C30H50O2. The molecule has 0 spiro atoms. The number of carbonyl (C=O) groups is 1. The minimum Gasteiger partial charge on any atom is -0.392 e. The molecule has 2 heteroatoms. The highest BCUT2D eigenvalue weighted by atomic mass is 16.3. The molecule has 0 aliphatic heterocycles. The van der Waals surface area contributed by atoms with Crippen LogP contribution in [0.3, 0.4) is 0 Å². The third-order valence-electron chi connectivity index (χ3n) is 12.6. The third-order valence-corrected chi connectivity index (χ3v) is 12.6. The van der Waals surface area contributed by atoms with E-state index in [4.69, 9.17) is 0 Å². The number of carbonyl (C=O) groups excluding carboxylic acids is 1. The number of hydrogen-bond donors (Lipinski definition) is 1. The highest BCUT2D eigenvalue weighted by Gasteiger charge is 2.69. The Morgan fingerprint density at radius 3 is 2.41 bits per heavy atom. The van der Waals surface area contributed by atoms with Crippen molar-refractivity contribution in [2.75, 3.05) is 6.61 Å². The van der Waals surface area contributed by atoms with Gasteiger partial charge in [0.05, 0.1) is 6.61 Å². The maximum Gasteiger partial charge on any atom is 0.136 e. The van der Waals surface area contributed by atoms with Gasteiger partial charge in [0.2, 0.25) is 0 Å². The number of fused-ring (bicyclic) bond motifs is 5. The average Bonchev–Trinajstić information content (AvgIpc) is 3.02. The van der Waals surface area contributed by atoms with Crippen LogP contribution in [0.1, 0.15) is 113 Å². The quantitative estimate of drug-likeness (QED) is 0.445. The molecule has 9 atom stereocenters. The second-order valence-corrected chi connectivity index (χ2v) is 13.6. The maximum atomic E-state index is 12.7. The Morgan fingerprint density at radius 1 is 1.00 bits per heavy atom. The molecule has 0 bridgehead atoms. The summed E-state index contributed by atoms with van der Waals surface area (Å²) in [5, 5.41) is 9.32. The van der Waals surface area contributed by atoms with Crippen molar-refractivity contribution < 1.29 is 9.90 Å². The first kappa shape index (κ1) is 24.5. The van der Waals surface area contributed by atoms with Crippen LogP contribution in [0.4, 0.5) is 0 Å². The topological polar surface area (TPSA) is 37.3 Å². The Bertz CT molecular complexity index is 769. The van der Waals surface area contributed by atoms with Crippen LogP contribution in [0, 0.1) is 51.2 Å². The van der Waals surface area contributed by atoms with Gasteiger partial charge < -0.3 is 5.11 Å². The molecule has 1 N–H and O–H groups in total. The zero-order chi connectivity index (χ0) is 23.5. The van der Waals surface area contributed by atoms with E-state index in [-0.39, 0.29) is 17.9 Å². The van der Waals surface area contributed by atoms with E-state index >= 15 is 0 Å². The molecule has 32 heavy (non-hydrogen) atoms. The van der Waals surface area contributed by atoms with Crippen LogP contribution in [0.2, 0.25) is 0 Å². The van der Waals surface area contributed by atoms with Gasteiger partial charge in [-0.3, -0.25) is 4.79 Å². The SMILES string of the molecule is C/C(=C/CC[C@@H](C)[C@@H]1CC[C@]2(C)[C@@H]3CC[C@@]4(C)[C@@H](CCC(=O)[C@@H]4C)[C@]3(C)CC[C@@]12C)CO. The van der Waals surface area contributed by atoms with Crippen molar-refractivity contribution in [2.45, 2.75) is 113 Å². The van der Waals surface area contributed by atoms with Gasteiger partial charge in [-0.25, -0.2) is 0 Å². The van der Waals surface area contributed by atoms with Crippen molar-refractivity contribution >= 4 is 5.78 Å². The van der Waals surface area contributed by atoms with Gasteiger partial charge >= 0.3 is 0 Å². The van der Waals surface area contributed by atoms with E-state index in [1.54, 1.807) is 0 Å². The summed E-state index contributed by atoms with van der Waals surface area (Å²) in [5.74, 6) is 3.85. The lowest BCUT2D eigenvalue weighted by molar-refractivity contribution is -0.202. The second-order valence-electron chi connectivity index (χ2n) is 13.6. The van der Waals surface area contributed by atoms with E-state index in [0.717, 1.165) is 42.6 Å². The van der Waals surface area contributed by atoms with Crippen molar-refractivity contribution in [1.82, 2.24) is 0 Å². The number of ketones is 1.